The summed E-state index contributed by atoms with van der Waals surface area (Å²) in [5.41, 5.74) is -0.0615. The van der Waals surface area contributed by atoms with Crippen molar-refractivity contribution in [2.75, 3.05) is 6.54 Å². The average molecular weight is 301 g/mol. The van der Waals surface area contributed by atoms with Gasteiger partial charge in [0.05, 0.1) is 6.10 Å². The molecule has 5 heteroatoms. The fraction of sp³-hybridized carbons (Fsp3) is 0.412. The number of amides is 1. The Hall–Kier alpha value is -2.14. The lowest BCUT2D eigenvalue weighted by Crippen LogP contribution is -2.39. The monoisotopic (exact) mass is 301 g/mol. The van der Waals surface area contributed by atoms with Crippen molar-refractivity contribution in [2.24, 2.45) is 0 Å². The average Bonchev–Trinajstić information content (AvgIpc) is 2.93. The van der Waals surface area contributed by atoms with Crippen LogP contribution in [0.25, 0.3) is 11.0 Å². The predicted octanol–water partition coefficient (Wildman–Crippen LogP) is 2.17. The molecule has 1 aliphatic heterocycles. The minimum absolute atomic E-state index is 0.0154. The van der Waals surface area contributed by atoms with Crippen molar-refractivity contribution in [3.63, 3.8) is 0 Å². The molecule has 0 saturated carbocycles. The number of nitrogens with zero attached hydrogens (tertiary/aromatic N) is 1. The lowest BCUT2D eigenvalue weighted by molar-refractivity contribution is 0.0678. The van der Waals surface area contributed by atoms with Gasteiger partial charge in [0, 0.05) is 18.0 Å². The quantitative estimate of drug-likeness (QED) is 0.882. The smallest absolute Gasteiger partial charge is 0.349 e. The van der Waals surface area contributed by atoms with Gasteiger partial charge in [-0.25, -0.2) is 4.79 Å². The Kier molecular flexibility index (Phi) is 3.98. The van der Waals surface area contributed by atoms with Crippen LogP contribution in [0.5, 0.6) is 0 Å². The van der Waals surface area contributed by atoms with Gasteiger partial charge in [0.1, 0.15) is 11.1 Å². The summed E-state index contributed by atoms with van der Waals surface area (Å²) in [7, 11) is 0. The Bertz CT molecular complexity index is 750. The third kappa shape index (κ3) is 2.76. The molecule has 3 rings (SSSR count). The minimum Gasteiger partial charge on any atom is -0.422 e. The highest BCUT2D eigenvalue weighted by Crippen LogP contribution is 2.24. The summed E-state index contributed by atoms with van der Waals surface area (Å²) < 4.78 is 5.24. The van der Waals surface area contributed by atoms with Crippen molar-refractivity contribution < 1.29 is 14.3 Å². The Morgan fingerprint density at radius 1 is 1.45 bits per heavy atom. The molecule has 0 radical (unpaired) electrons. The highest BCUT2D eigenvalue weighted by atomic mass is 16.4. The van der Waals surface area contributed by atoms with Crippen LogP contribution in [0.4, 0.5) is 0 Å². The second kappa shape index (κ2) is 5.93. The first-order chi connectivity index (χ1) is 10.6. The predicted molar refractivity (Wildman–Crippen MR) is 82.8 cm³/mol. The van der Waals surface area contributed by atoms with E-state index in [2.05, 4.69) is 0 Å². The third-order valence-electron chi connectivity index (χ3n) is 4.12. The van der Waals surface area contributed by atoms with E-state index in [0.717, 1.165) is 18.2 Å². The van der Waals surface area contributed by atoms with Crippen LogP contribution in [-0.4, -0.2) is 34.6 Å². The zero-order valence-electron chi connectivity index (χ0n) is 12.5. The van der Waals surface area contributed by atoms with Gasteiger partial charge in [-0.3, -0.25) is 4.79 Å². The van der Waals surface area contributed by atoms with Gasteiger partial charge in [-0.1, -0.05) is 18.2 Å². The number of likely N-dealkylation sites (tertiary alicyclic amines) is 1. The van der Waals surface area contributed by atoms with Crippen LogP contribution in [0.2, 0.25) is 0 Å². The zero-order valence-corrected chi connectivity index (χ0v) is 12.5. The van der Waals surface area contributed by atoms with E-state index in [0.29, 0.717) is 18.5 Å². The number of aliphatic hydroxyl groups is 1. The molecule has 22 heavy (non-hydrogen) atoms. The third-order valence-corrected chi connectivity index (χ3v) is 4.12. The highest BCUT2D eigenvalue weighted by Gasteiger charge is 2.31. The van der Waals surface area contributed by atoms with Gasteiger partial charge in [-0.2, -0.15) is 0 Å². The molecule has 2 heterocycles. The molecule has 1 fully saturated rings. The molecule has 1 aromatic carbocycles. The summed E-state index contributed by atoms with van der Waals surface area (Å²) in [5, 5.41) is 10.3. The molecule has 1 aromatic heterocycles. The molecule has 2 atom stereocenters. The summed E-state index contributed by atoms with van der Waals surface area (Å²) in [6, 6.07) is 8.72. The van der Waals surface area contributed by atoms with E-state index >= 15 is 0 Å². The molecule has 0 bridgehead atoms. The van der Waals surface area contributed by atoms with Gasteiger partial charge in [0.2, 0.25) is 0 Å². The molecule has 0 aliphatic carbocycles. The van der Waals surface area contributed by atoms with Crippen molar-refractivity contribution in [3.05, 3.63) is 46.3 Å². The minimum atomic E-state index is -0.605. The maximum Gasteiger partial charge on any atom is 0.349 e. The molecule has 1 N–H and O–H groups in total. The molecule has 0 spiro atoms. The maximum absolute atomic E-state index is 12.7. The molecule has 1 amide bonds. The number of fused-ring (bicyclic) bond motifs is 1. The SMILES string of the molecule is CC(O)CC1CCCN1C(=O)c1cc2ccccc2oc1=O. The number of benzene rings is 1. The zero-order chi connectivity index (χ0) is 15.7. The van der Waals surface area contributed by atoms with Crippen molar-refractivity contribution in [1.29, 1.82) is 0 Å². The second-order valence-corrected chi connectivity index (χ2v) is 5.86. The van der Waals surface area contributed by atoms with Crippen LogP contribution < -0.4 is 5.63 Å². The van der Waals surface area contributed by atoms with Crippen molar-refractivity contribution >= 4 is 16.9 Å². The number of para-hydroxylation sites is 1. The van der Waals surface area contributed by atoms with Crippen LogP contribution in [-0.2, 0) is 0 Å². The van der Waals surface area contributed by atoms with Crippen LogP contribution >= 0.6 is 0 Å². The van der Waals surface area contributed by atoms with E-state index in [9.17, 15) is 14.7 Å². The Morgan fingerprint density at radius 3 is 3.00 bits per heavy atom. The highest BCUT2D eigenvalue weighted by molar-refractivity contribution is 5.97. The standard InChI is InChI=1S/C17H19NO4/c1-11(19)9-13-6-4-8-18(13)16(20)14-10-12-5-2-3-7-15(12)22-17(14)21/h2-3,5,7,10-11,13,19H,4,6,8-9H2,1H3. The first-order valence-electron chi connectivity index (χ1n) is 7.58. The van der Waals surface area contributed by atoms with Crippen LogP contribution in [0.15, 0.2) is 39.5 Å². The van der Waals surface area contributed by atoms with E-state index < -0.39 is 11.7 Å². The largest absolute Gasteiger partial charge is 0.422 e. The van der Waals surface area contributed by atoms with Crippen LogP contribution in [0, 0.1) is 0 Å². The Morgan fingerprint density at radius 2 is 2.23 bits per heavy atom. The fourth-order valence-electron chi connectivity index (χ4n) is 3.11. The Balaban J connectivity index is 1.94. The number of aliphatic hydroxyl groups excluding tert-OH is 1. The summed E-state index contributed by atoms with van der Waals surface area (Å²) in [6.07, 6.45) is 1.81. The number of hydrogen-bond acceptors (Lipinski definition) is 4. The summed E-state index contributed by atoms with van der Waals surface area (Å²) >= 11 is 0. The van der Waals surface area contributed by atoms with Crippen LogP contribution in [0.1, 0.15) is 36.5 Å². The molecule has 116 valence electrons. The molecule has 1 aliphatic rings. The van der Waals surface area contributed by atoms with E-state index in [1.807, 2.05) is 12.1 Å². The molecule has 5 nitrogen and oxygen atoms in total. The van der Waals surface area contributed by atoms with Gasteiger partial charge in [-0.15, -0.1) is 0 Å². The van der Waals surface area contributed by atoms with Gasteiger partial charge in [-0.05, 0) is 38.3 Å². The van der Waals surface area contributed by atoms with Gasteiger partial charge < -0.3 is 14.4 Å². The van der Waals surface area contributed by atoms with E-state index in [4.69, 9.17) is 4.42 Å². The van der Waals surface area contributed by atoms with Crippen LogP contribution in [0.3, 0.4) is 0 Å². The van der Waals surface area contributed by atoms with Crippen molar-refractivity contribution in [3.8, 4) is 0 Å². The lowest BCUT2D eigenvalue weighted by atomic mass is 10.1. The van der Waals surface area contributed by atoms with Gasteiger partial charge in [0.25, 0.3) is 5.91 Å². The lowest BCUT2D eigenvalue weighted by Gasteiger charge is -2.25. The molecule has 2 aromatic rings. The summed E-state index contributed by atoms with van der Waals surface area (Å²) in [4.78, 5) is 26.5. The Labute approximate surface area is 128 Å². The normalized spacial score (nSPS) is 19.5. The topological polar surface area (TPSA) is 70.8 Å². The summed E-state index contributed by atoms with van der Waals surface area (Å²) in [6.45, 7) is 2.33. The van der Waals surface area contributed by atoms with E-state index in [1.54, 1.807) is 30.0 Å². The summed E-state index contributed by atoms with van der Waals surface area (Å²) in [5.74, 6) is -0.303. The number of carbonyl (C=O) groups excluding carboxylic acids is 1. The molecule has 1 saturated heterocycles. The molecule has 2 unspecified atom stereocenters. The fourth-order valence-corrected chi connectivity index (χ4v) is 3.11. The van der Waals surface area contributed by atoms with Crippen molar-refractivity contribution in [2.45, 2.75) is 38.3 Å². The van der Waals surface area contributed by atoms with E-state index in [1.165, 1.54) is 0 Å². The van der Waals surface area contributed by atoms with Gasteiger partial charge >= 0.3 is 5.63 Å². The molecular formula is C17H19NO4. The second-order valence-electron chi connectivity index (χ2n) is 5.86. The van der Waals surface area contributed by atoms with Gasteiger partial charge in [0.15, 0.2) is 0 Å². The number of hydrogen-bond donors (Lipinski definition) is 1. The maximum atomic E-state index is 12.7. The molecular weight excluding hydrogens is 282 g/mol. The first kappa shape index (κ1) is 14.8. The van der Waals surface area contributed by atoms with Crippen molar-refractivity contribution in [1.82, 2.24) is 4.90 Å². The number of rotatable bonds is 3. The first-order valence-corrected chi connectivity index (χ1v) is 7.58. The number of carbonyl (C=O) groups is 1. The van der Waals surface area contributed by atoms with E-state index in [-0.39, 0.29) is 17.5 Å².